The van der Waals surface area contributed by atoms with Crippen LogP contribution in [0.4, 0.5) is 0 Å². The quantitative estimate of drug-likeness (QED) is 0.870. The van der Waals surface area contributed by atoms with Gasteiger partial charge < -0.3 is 5.32 Å². The topological polar surface area (TPSA) is 50.7 Å². The molecule has 2 heterocycles. The first-order valence-electron chi connectivity index (χ1n) is 5.66. The predicted molar refractivity (Wildman–Crippen MR) is 66.3 cm³/mol. The van der Waals surface area contributed by atoms with Crippen LogP contribution in [0.2, 0.25) is 0 Å². The molecule has 0 aliphatic heterocycles. The number of nitrogens with one attached hydrogen (secondary N) is 1. The number of nitrogens with zero attached hydrogens (tertiary/aromatic N) is 3. The lowest BCUT2D eigenvalue weighted by Gasteiger charge is -2.13. The highest BCUT2D eigenvalue weighted by atomic mass is 14.9. The molecule has 2 rings (SSSR count). The van der Waals surface area contributed by atoms with Crippen molar-refractivity contribution < 1.29 is 0 Å². The van der Waals surface area contributed by atoms with Crippen molar-refractivity contribution in [1.29, 1.82) is 0 Å². The maximum atomic E-state index is 4.27. The van der Waals surface area contributed by atoms with Crippen molar-refractivity contribution in [2.45, 2.75) is 26.4 Å². The molecule has 0 aliphatic rings. The van der Waals surface area contributed by atoms with E-state index in [1.807, 2.05) is 18.5 Å². The Hall–Kier alpha value is -1.81. The van der Waals surface area contributed by atoms with Crippen LogP contribution in [-0.2, 0) is 6.54 Å². The van der Waals surface area contributed by atoms with Gasteiger partial charge in [-0.2, -0.15) is 0 Å². The highest BCUT2D eigenvalue weighted by Crippen LogP contribution is 2.10. The second kappa shape index (κ2) is 5.50. The fraction of sp³-hybridized carbons (Fsp3) is 0.308. The van der Waals surface area contributed by atoms with Gasteiger partial charge in [-0.3, -0.25) is 15.0 Å². The molecule has 1 N–H and O–H groups in total. The summed E-state index contributed by atoms with van der Waals surface area (Å²) in [4.78, 5) is 12.5. The van der Waals surface area contributed by atoms with Gasteiger partial charge in [-0.1, -0.05) is 0 Å². The molecule has 88 valence electrons. The molecule has 1 atom stereocenters. The first-order valence-corrected chi connectivity index (χ1v) is 5.66. The summed E-state index contributed by atoms with van der Waals surface area (Å²) in [6.45, 7) is 4.96. The summed E-state index contributed by atoms with van der Waals surface area (Å²) >= 11 is 0. The standard InChI is InChI=1S/C13H16N4/c1-10-3-4-14-7-12(10)8-17-11(2)13-9-15-5-6-16-13/h3-7,9,11,17H,8H2,1-2H3. The molecule has 0 fully saturated rings. The first kappa shape index (κ1) is 11.7. The summed E-state index contributed by atoms with van der Waals surface area (Å²) in [5.41, 5.74) is 3.41. The minimum atomic E-state index is 0.184. The Morgan fingerprint density at radius 2 is 2.00 bits per heavy atom. The number of hydrogen-bond acceptors (Lipinski definition) is 4. The lowest BCUT2D eigenvalue weighted by atomic mass is 10.1. The van der Waals surface area contributed by atoms with Crippen molar-refractivity contribution >= 4 is 0 Å². The van der Waals surface area contributed by atoms with Crippen molar-refractivity contribution in [2.24, 2.45) is 0 Å². The minimum absolute atomic E-state index is 0.184. The number of rotatable bonds is 4. The van der Waals surface area contributed by atoms with E-state index in [1.54, 1.807) is 18.6 Å². The van der Waals surface area contributed by atoms with E-state index in [1.165, 1.54) is 11.1 Å². The van der Waals surface area contributed by atoms with E-state index in [0.717, 1.165) is 12.2 Å². The molecule has 17 heavy (non-hydrogen) atoms. The highest BCUT2D eigenvalue weighted by Gasteiger charge is 2.06. The molecule has 0 radical (unpaired) electrons. The Kier molecular flexibility index (Phi) is 3.77. The van der Waals surface area contributed by atoms with Crippen LogP contribution in [0, 0.1) is 6.92 Å². The molecule has 0 saturated carbocycles. The summed E-state index contributed by atoms with van der Waals surface area (Å²) in [7, 11) is 0. The van der Waals surface area contributed by atoms with Crippen LogP contribution >= 0.6 is 0 Å². The molecule has 4 nitrogen and oxygen atoms in total. The van der Waals surface area contributed by atoms with E-state index >= 15 is 0 Å². The lowest BCUT2D eigenvalue weighted by molar-refractivity contribution is 0.557. The van der Waals surface area contributed by atoms with Crippen LogP contribution in [0.5, 0.6) is 0 Å². The third kappa shape index (κ3) is 3.07. The zero-order valence-corrected chi connectivity index (χ0v) is 10.1. The molecule has 4 heteroatoms. The number of aromatic nitrogens is 3. The van der Waals surface area contributed by atoms with E-state index in [9.17, 15) is 0 Å². The second-order valence-electron chi connectivity index (χ2n) is 4.04. The van der Waals surface area contributed by atoms with E-state index in [2.05, 4.69) is 34.1 Å². The van der Waals surface area contributed by atoms with Gasteiger partial charge in [-0.25, -0.2) is 0 Å². The molecule has 0 amide bonds. The third-order valence-electron chi connectivity index (χ3n) is 2.77. The van der Waals surface area contributed by atoms with Crippen LogP contribution in [0.15, 0.2) is 37.1 Å². The Morgan fingerprint density at radius 1 is 1.18 bits per heavy atom. The third-order valence-corrected chi connectivity index (χ3v) is 2.77. The van der Waals surface area contributed by atoms with Crippen LogP contribution in [-0.4, -0.2) is 15.0 Å². The summed E-state index contributed by atoms with van der Waals surface area (Å²) < 4.78 is 0. The Balaban J connectivity index is 1.97. The fourth-order valence-electron chi connectivity index (χ4n) is 1.58. The maximum Gasteiger partial charge on any atom is 0.0753 e. The summed E-state index contributed by atoms with van der Waals surface area (Å²) in [5, 5.41) is 3.41. The zero-order valence-electron chi connectivity index (χ0n) is 10.1. The van der Waals surface area contributed by atoms with E-state index in [4.69, 9.17) is 0 Å². The van der Waals surface area contributed by atoms with Gasteiger partial charge in [0.2, 0.25) is 0 Å². The van der Waals surface area contributed by atoms with Crippen molar-refractivity contribution in [2.75, 3.05) is 0 Å². The Bertz CT molecular complexity index is 470. The monoisotopic (exact) mass is 228 g/mol. The van der Waals surface area contributed by atoms with Crippen molar-refractivity contribution in [3.05, 3.63) is 53.9 Å². The smallest absolute Gasteiger partial charge is 0.0753 e. The summed E-state index contributed by atoms with van der Waals surface area (Å²) in [6, 6.07) is 2.20. The minimum Gasteiger partial charge on any atom is -0.305 e. The Labute approximate surface area is 101 Å². The molecular weight excluding hydrogens is 212 g/mol. The molecule has 2 aromatic rings. The van der Waals surface area contributed by atoms with Crippen LogP contribution in [0.1, 0.15) is 29.8 Å². The SMILES string of the molecule is Cc1ccncc1CNC(C)c1cnccn1. The molecular formula is C13H16N4. The average Bonchev–Trinajstić information content (AvgIpc) is 2.38. The number of pyridine rings is 1. The van der Waals surface area contributed by atoms with Crippen molar-refractivity contribution in [1.82, 2.24) is 20.3 Å². The highest BCUT2D eigenvalue weighted by molar-refractivity contribution is 5.21. The number of hydrogen-bond donors (Lipinski definition) is 1. The van der Waals surface area contributed by atoms with Crippen LogP contribution < -0.4 is 5.32 Å². The molecule has 0 saturated heterocycles. The van der Waals surface area contributed by atoms with Crippen LogP contribution in [0.25, 0.3) is 0 Å². The first-order chi connectivity index (χ1) is 8.27. The molecule has 0 aliphatic carbocycles. The van der Waals surface area contributed by atoms with Gasteiger partial charge in [-0.15, -0.1) is 0 Å². The van der Waals surface area contributed by atoms with E-state index in [-0.39, 0.29) is 6.04 Å². The van der Waals surface area contributed by atoms with Gasteiger partial charge in [0.15, 0.2) is 0 Å². The second-order valence-corrected chi connectivity index (χ2v) is 4.04. The fourth-order valence-corrected chi connectivity index (χ4v) is 1.58. The number of aryl methyl sites for hydroxylation is 1. The summed E-state index contributed by atoms with van der Waals surface area (Å²) in [5.74, 6) is 0. The van der Waals surface area contributed by atoms with E-state index in [0.29, 0.717) is 0 Å². The van der Waals surface area contributed by atoms with Gasteiger partial charge in [0, 0.05) is 43.6 Å². The average molecular weight is 228 g/mol. The normalized spacial score (nSPS) is 12.4. The van der Waals surface area contributed by atoms with Gasteiger partial charge >= 0.3 is 0 Å². The van der Waals surface area contributed by atoms with E-state index < -0.39 is 0 Å². The molecule has 2 aromatic heterocycles. The van der Waals surface area contributed by atoms with Crippen molar-refractivity contribution in [3.8, 4) is 0 Å². The van der Waals surface area contributed by atoms with Gasteiger partial charge in [0.25, 0.3) is 0 Å². The van der Waals surface area contributed by atoms with Crippen molar-refractivity contribution in [3.63, 3.8) is 0 Å². The lowest BCUT2D eigenvalue weighted by Crippen LogP contribution is -2.19. The molecule has 0 bridgehead atoms. The Morgan fingerprint density at radius 3 is 2.71 bits per heavy atom. The molecule has 1 unspecified atom stereocenters. The van der Waals surface area contributed by atoms with Gasteiger partial charge in [0.1, 0.15) is 0 Å². The van der Waals surface area contributed by atoms with Gasteiger partial charge in [0.05, 0.1) is 5.69 Å². The molecule has 0 spiro atoms. The maximum absolute atomic E-state index is 4.27. The summed E-state index contributed by atoms with van der Waals surface area (Å²) in [6.07, 6.45) is 8.88. The zero-order chi connectivity index (χ0) is 12.1. The predicted octanol–water partition coefficient (Wildman–Crippen LogP) is 2.03. The van der Waals surface area contributed by atoms with Crippen LogP contribution in [0.3, 0.4) is 0 Å². The van der Waals surface area contributed by atoms with Gasteiger partial charge in [-0.05, 0) is 31.0 Å². The molecule has 0 aromatic carbocycles. The largest absolute Gasteiger partial charge is 0.305 e.